The summed E-state index contributed by atoms with van der Waals surface area (Å²) in [5, 5.41) is 0.433. The van der Waals surface area contributed by atoms with Crippen molar-refractivity contribution >= 4 is 11.6 Å². The van der Waals surface area contributed by atoms with E-state index >= 15 is 0 Å². The maximum absolute atomic E-state index is 6.05. The van der Waals surface area contributed by atoms with Gasteiger partial charge in [0.2, 0.25) is 5.88 Å². The van der Waals surface area contributed by atoms with Crippen LogP contribution in [0.15, 0.2) is 18.2 Å². The molecule has 0 spiro atoms. The molecular formula is C16H19ClN2O. The summed E-state index contributed by atoms with van der Waals surface area (Å²) in [5.74, 6) is 2.39. The summed E-state index contributed by atoms with van der Waals surface area (Å²) >= 11 is 6.05. The Morgan fingerprint density at radius 2 is 1.80 bits per heavy atom. The molecule has 0 aliphatic rings. The Morgan fingerprint density at radius 1 is 1.10 bits per heavy atom. The lowest BCUT2D eigenvalue weighted by molar-refractivity contribution is 0.455. The van der Waals surface area contributed by atoms with Crippen molar-refractivity contribution in [2.24, 2.45) is 0 Å². The number of nitrogens with zero attached hydrogens (tertiary/aromatic N) is 2. The van der Waals surface area contributed by atoms with Crippen molar-refractivity contribution in [2.75, 3.05) is 0 Å². The lowest BCUT2D eigenvalue weighted by Gasteiger charge is -2.13. The molecule has 0 amide bonds. The van der Waals surface area contributed by atoms with Crippen LogP contribution >= 0.6 is 11.6 Å². The first kappa shape index (κ1) is 14.8. The van der Waals surface area contributed by atoms with Gasteiger partial charge in [0.25, 0.3) is 0 Å². The van der Waals surface area contributed by atoms with Gasteiger partial charge in [0.1, 0.15) is 16.7 Å². The number of hydrogen-bond donors (Lipinski definition) is 0. The van der Waals surface area contributed by atoms with Crippen molar-refractivity contribution in [3.05, 3.63) is 45.9 Å². The molecule has 2 rings (SSSR count). The fourth-order valence-corrected chi connectivity index (χ4v) is 2.34. The van der Waals surface area contributed by atoms with Crippen LogP contribution in [0.25, 0.3) is 0 Å². The second kappa shape index (κ2) is 5.80. The first-order valence-electron chi connectivity index (χ1n) is 6.67. The molecule has 2 aromatic rings. The van der Waals surface area contributed by atoms with Crippen LogP contribution in [0.2, 0.25) is 5.15 Å². The van der Waals surface area contributed by atoms with Gasteiger partial charge in [-0.25, -0.2) is 4.98 Å². The minimum atomic E-state index is 0.433. The van der Waals surface area contributed by atoms with Crippen LogP contribution in [-0.2, 0) is 0 Å². The van der Waals surface area contributed by atoms with E-state index in [-0.39, 0.29) is 0 Å². The minimum Gasteiger partial charge on any atom is -0.439 e. The number of aryl methyl sites for hydroxylation is 2. The van der Waals surface area contributed by atoms with E-state index in [2.05, 4.69) is 36.8 Å². The molecule has 106 valence electrons. The third-order valence-corrected chi connectivity index (χ3v) is 3.60. The molecule has 1 aromatic heterocycles. The quantitative estimate of drug-likeness (QED) is 0.749. The van der Waals surface area contributed by atoms with Crippen molar-refractivity contribution < 1.29 is 4.74 Å². The molecule has 3 nitrogen and oxygen atoms in total. The highest BCUT2D eigenvalue weighted by atomic mass is 35.5. The second-order valence-electron chi connectivity index (χ2n) is 5.27. The largest absolute Gasteiger partial charge is 0.439 e. The van der Waals surface area contributed by atoms with Crippen molar-refractivity contribution in [2.45, 2.75) is 40.5 Å². The van der Waals surface area contributed by atoms with Crippen LogP contribution in [0, 0.1) is 20.8 Å². The molecule has 0 aliphatic heterocycles. The number of rotatable bonds is 3. The van der Waals surface area contributed by atoms with Gasteiger partial charge >= 0.3 is 0 Å². The van der Waals surface area contributed by atoms with Crippen molar-refractivity contribution in [3.63, 3.8) is 0 Å². The number of halogens is 1. The molecule has 1 aromatic carbocycles. The van der Waals surface area contributed by atoms with Gasteiger partial charge in [0, 0.05) is 5.56 Å². The molecule has 0 unspecified atom stereocenters. The minimum absolute atomic E-state index is 0.433. The van der Waals surface area contributed by atoms with Crippen LogP contribution in [0.4, 0.5) is 0 Å². The SMILES string of the molecule is Cc1nc(Cl)c(C)c(Oc2ccc(C(C)C)c(C)c2)n1. The fourth-order valence-electron chi connectivity index (χ4n) is 2.14. The summed E-state index contributed by atoms with van der Waals surface area (Å²) in [4.78, 5) is 8.40. The van der Waals surface area contributed by atoms with Crippen LogP contribution in [0.3, 0.4) is 0 Å². The zero-order valence-electron chi connectivity index (χ0n) is 12.5. The molecular weight excluding hydrogens is 272 g/mol. The van der Waals surface area contributed by atoms with E-state index in [1.54, 1.807) is 6.92 Å². The Morgan fingerprint density at radius 3 is 2.40 bits per heavy atom. The van der Waals surface area contributed by atoms with Gasteiger partial charge in [-0.2, -0.15) is 4.98 Å². The number of aromatic nitrogens is 2. The summed E-state index contributed by atoms with van der Waals surface area (Å²) in [6.45, 7) is 10.1. The van der Waals surface area contributed by atoms with Gasteiger partial charge < -0.3 is 4.74 Å². The second-order valence-corrected chi connectivity index (χ2v) is 5.62. The standard InChI is InChI=1S/C16H19ClN2O/c1-9(2)14-7-6-13(8-10(14)3)20-16-11(4)15(17)18-12(5)19-16/h6-9H,1-5H3. The lowest BCUT2D eigenvalue weighted by Crippen LogP contribution is -1.98. The zero-order valence-corrected chi connectivity index (χ0v) is 13.2. The fraction of sp³-hybridized carbons (Fsp3) is 0.375. The van der Waals surface area contributed by atoms with Gasteiger partial charge in [-0.1, -0.05) is 31.5 Å². The van der Waals surface area contributed by atoms with Gasteiger partial charge in [0.05, 0.1) is 0 Å². The Labute approximate surface area is 125 Å². The molecule has 0 radical (unpaired) electrons. The maximum atomic E-state index is 6.05. The van der Waals surface area contributed by atoms with Crippen LogP contribution in [-0.4, -0.2) is 9.97 Å². The Bertz CT molecular complexity index is 639. The van der Waals surface area contributed by atoms with Crippen LogP contribution in [0.5, 0.6) is 11.6 Å². The average molecular weight is 291 g/mol. The molecule has 20 heavy (non-hydrogen) atoms. The topological polar surface area (TPSA) is 35.0 Å². The lowest BCUT2D eigenvalue weighted by atomic mass is 9.98. The molecule has 1 heterocycles. The average Bonchev–Trinajstić information content (AvgIpc) is 2.35. The van der Waals surface area contributed by atoms with E-state index in [1.807, 2.05) is 19.1 Å². The van der Waals surface area contributed by atoms with Gasteiger partial charge in [-0.15, -0.1) is 0 Å². The third kappa shape index (κ3) is 3.10. The van der Waals surface area contributed by atoms with E-state index in [0.29, 0.717) is 22.8 Å². The summed E-state index contributed by atoms with van der Waals surface area (Å²) in [5.41, 5.74) is 3.29. The van der Waals surface area contributed by atoms with E-state index in [1.165, 1.54) is 11.1 Å². The molecule has 0 fully saturated rings. The predicted molar refractivity (Wildman–Crippen MR) is 81.9 cm³/mol. The molecule has 4 heteroatoms. The molecule has 0 saturated heterocycles. The molecule has 0 N–H and O–H groups in total. The van der Waals surface area contributed by atoms with Crippen molar-refractivity contribution in [3.8, 4) is 11.6 Å². The molecule has 0 saturated carbocycles. The Hall–Kier alpha value is -1.61. The summed E-state index contributed by atoms with van der Waals surface area (Å²) < 4.78 is 5.85. The summed E-state index contributed by atoms with van der Waals surface area (Å²) in [6, 6.07) is 6.09. The van der Waals surface area contributed by atoms with Crippen molar-refractivity contribution in [1.29, 1.82) is 0 Å². The van der Waals surface area contributed by atoms with E-state index in [4.69, 9.17) is 16.3 Å². The summed E-state index contributed by atoms with van der Waals surface area (Å²) in [6.07, 6.45) is 0. The van der Waals surface area contributed by atoms with Crippen LogP contribution in [0.1, 0.15) is 42.3 Å². The zero-order chi connectivity index (χ0) is 14.9. The van der Waals surface area contributed by atoms with E-state index < -0.39 is 0 Å². The van der Waals surface area contributed by atoms with Gasteiger partial charge in [-0.3, -0.25) is 0 Å². The smallest absolute Gasteiger partial charge is 0.226 e. The summed E-state index contributed by atoms with van der Waals surface area (Å²) in [7, 11) is 0. The number of benzene rings is 1. The monoisotopic (exact) mass is 290 g/mol. The molecule has 0 aliphatic carbocycles. The normalized spacial score (nSPS) is 10.9. The Balaban J connectivity index is 2.33. The number of hydrogen-bond acceptors (Lipinski definition) is 3. The first-order chi connectivity index (χ1) is 9.38. The van der Waals surface area contributed by atoms with Crippen molar-refractivity contribution in [1.82, 2.24) is 9.97 Å². The van der Waals surface area contributed by atoms with Gasteiger partial charge in [0.15, 0.2) is 0 Å². The van der Waals surface area contributed by atoms with Gasteiger partial charge in [-0.05, 0) is 49.9 Å². The molecule has 0 bridgehead atoms. The molecule has 0 atom stereocenters. The highest BCUT2D eigenvalue weighted by molar-refractivity contribution is 6.30. The van der Waals surface area contributed by atoms with E-state index in [0.717, 1.165) is 11.3 Å². The van der Waals surface area contributed by atoms with E-state index in [9.17, 15) is 0 Å². The number of ether oxygens (including phenoxy) is 1. The maximum Gasteiger partial charge on any atom is 0.226 e. The van der Waals surface area contributed by atoms with Crippen LogP contribution < -0.4 is 4.74 Å². The Kier molecular flexibility index (Phi) is 4.29. The highest BCUT2D eigenvalue weighted by Gasteiger charge is 2.11. The first-order valence-corrected chi connectivity index (χ1v) is 7.05. The third-order valence-electron chi connectivity index (χ3n) is 3.23. The highest BCUT2D eigenvalue weighted by Crippen LogP contribution is 2.29. The predicted octanol–water partition coefficient (Wildman–Crippen LogP) is 4.97.